The van der Waals surface area contributed by atoms with Gasteiger partial charge < -0.3 is 14.8 Å². The zero-order chi connectivity index (χ0) is 12.3. The number of nitrogens with one attached hydrogen (secondary N) is 1. The van der Waals surface area contributed by atoms with Crippen LogP contribution in [0.25, 0.3) is 0 Å². The van der Waals surface area contributed by atoms with Gasteiger partial charge in [0.25, 0.3) is 5.91 Å². The average Bonchev–Trinajstić information content (AvgIpc) is 2.71. The molecule has 0 spiro atoms. The molecule has 0 aromatic carbocycles. The van der Waals surface area contributed by atoms with Crippen LogP contribution in [0.2, 0.25) is 0 Å². The van der Waals surface area contributed by atoms with E-state index in [-0.39, 0.29) is 5.91 Å². The van der Waals surface area contributed by atoms with Crippen molar-refractivity contribution < 1.29 is 4.79 Å². The molecular weight excluding hydrogens is 214 g/mol. The van der Waals surface area contributed by atoms with Crippen molar-refractivity contribution in [2.24, 2.45) is 0 Å². The lowest BCUT2D eigenvalue weighted by Crippen LogP contribution is -2.34. The summed E-state index contributed by atoms with van der Waals surface area (Å²) in [6.07, 6.45) is 5.72. The van der Waals surface area contributed by atoms with Crippen LogP contribution in [0.5, 0.6) is 0 Å². The van der Waals surface area contributed by atoms with Gasteiger partial charge in [-0.1, -0.05) is 0 Å². The lowest BCUT2D eigenvalue weighted by Gasteiger charge is -2.29. The first-order valence-electron chi connectivity index (χ1n) is 6.31. The fourth-order valence-corrected chi connectivity index (χ4v) is 2.13. The summed E-state index contributed by atoms with van der Waals surface area (Å²) in [5.41, 5.74) is 0.827. The van der Waals surface area contributed by atoms with Gasteiger partial charge in [-0.3, -0.25) is 4.79 Å². The average molecular weight is 235 g/mol. The first kappa shape index (κ1) is 12.2. The molecule has 1 saturated carbocycles. The highest BCUT2D eigenvalue weighted by Crippen LogP contribution is 2.32. The number of hydrogen-bond acceptors (Lipinski definition) is 2. The highest BCUT2D eigenvalue weighted by molar-refractivity contribution is 5.92. The van der Waals surface area contributed by atoms with Crippen LogP contribution in [-0.4, -0.2) is 42.6 Å². The molecule has 1 fully saturated rings. The van der Waals surface area contributed by atoms with E-state index in [0.29, 0.717) is 6.04 Å². The van der Waals surface area contributed by atoms with Crippen LogP contribution < -0.4 is 5.32 Å². The summed E-state index contributed by atoms with van der Waals surface area (Å²) >= 11 is 0. The highest BCUT2D eigenvalue weighted by Gasteiger charge is 2.24. The second kappa shape index (κ2) is 5.36. The van der Waals surface area contributed by atoms with Gasteiger partial charge in [0.05, 0.1) is 0 Å². The lowest BCUT2D eigenvalue weighted by molar-refractivity contribution is 0.0780. The number of amides is 1. The van der Waals surface area contributed by atoms with Crippen molar-refractivity contribution in [2.75, 3.05) is 27.2 Å². The van der Waals surface area contributed by atoms with E-state index >= 15 is 0 Å². The third-order valence-electron chi connectivity index (χ3n) is 3.51. The molecular formula is C13H21N3O. The summed E-state index contributed by atoms with van der Waals surface area (Å²) in [7, 11) is 3.76. The number of carbonyl (C=O) groups is 1. The van der Waals surface area contributed by atoms with Crippen molar-refractivity contribution in [3.63, 3.8) is 0 Å². The molecule has 0 aliphatic heterocycles. The molecule has 0 radical (unpaired) electrons. The van der Waals surface area contributed by atoms with Crippen molar-refractivity contribution in [3.8, 4) is 0 Å². The number of carbonyl (C=O) groups excluding carboxylic acids is 1. The number of nitrogens with zero attached hydrogens (tertiary/aromatic N) is 2. The Morgan fingerprint density at radius 2 is 2.35 bits per heavy atom. The van der Waals surface area contributed by atoms with E-state index in [1.54, 1.807) is 4.90 Å². The summed E-state index contributed by atoms with van der Waals surface area (Å²) < 4.78 is 2.14. The van der Waals surface area contributed by atoms with Crippen molar-refractivity contribution in [1.29, 1.82) is 0 Å². The zero-order valence-electron chi connectivity index (χ0n) is 10.6. The number of rotatable bonds is 5. The topological polar surface area (TPSA) is 37.3 Å². The minimum Gasteiger partial charge on any atom is -0.340 e. The maximum Gasteiger partial charge on any atom is 0.270 e. The van der Waals surface area contributed by atoms with E-state index in [9.17, 15) is 4.79 Å². The van der Waals surface area contributed by atoms with Gasteiger partial charge in [-0.05, 0) is 38.4 Å². The van der Waals surface area contributed by atoms with Gasteiger partial charge in [-0.15, -0.1) is 0 Å². The van der Waals surface area contributed by atoms with E-state index in [1.165, 1.54) is 19.3 Å². The van der Waals surface area contributed by atoms with Crippen LogP contribution in [0.15, 0.2) is 18.3 Å². The van der Waals surface area contributed by atoms with Gasteiger partial charge >= 0.3 is 0 Å². The molecule has 0 bridgehead atoms. The molecule has 1 N–H and O–H groups in total. The van der Waals surface area contributed by atoms with Gasteiger partial charge in [0.1, 0.15) is 5.69 Å². The predicted molar refractivity (Wildman–Crippen MR) is 68.2 cm³/mol. The van der Waals surface area contributed by atoms with E-state index in [4.69, 9.17) is 0 Å². The van der Waals surface area contributed by atoms with Gasteiger partial charge in [0, 0.05) is 32.4 Å². The van der Waals surface area contributed by atoms with Gasteiger partial charge in [-0.2, -0.15) is 0 Å². The largest absolute Gasteiger partial charge is 0.340 e. The van der Waals surface area contributed by atoms with Crippen LogP contribution in [0, 0.1) is 0 Å². The third-order valence-corrected chi connectivity index (χ3v) is 3.51. The Labute approximate surface area is 103 Å². The van der Waals surface area contributed by atoms with E-state index in [2.05, 4.69) is 9.88 Å². The normalized spacial score (nSPS) is 15.6. The van der Waals surface area contributed by atoms with E-state index < -0.39 is 0 Å². The number of hydrogen-bond donors (Lipinski definition) is 1. The Bertz CT molecular complexity index is 382. The standard InChI is InChI=1S/C13H21N3O/c1-14-8-10-15(2)13(17)12-7-4-9-16(12)11-5-3-6-11/h4,7,9,11,14H,3,5-6,8,10H2,1-2H3. The summed E-state index contributed by atoms with van der Waals surface area (Å²) in [5.74, 6) is 0.122. The number of likely N-dealkylation sites (N-methyl/N-ethyl adjacent to an activating group) is 2. The van der Waals surface area contributed by atoms with Crippen molar-refractivity contribution in [2.45, 2.75) is 25.3 Å². The molecule has 1 aliphatic rings. The van der Waals surface area contributed by atoms with Crippen LogP contribution in [0.4, 0.5) is 0 Å². The minimum atomic E-state index is 0.122. The van der Waals surface area contributed by atoms with Crippen molar-refractivity contribution in [3.05, 3.63) is 24.0 Å². The Kier molecular flexibility index (Phi) is 3.84. The Morgan fingerprint density at radius 3 is 2.94 bits per heavy atom. The van der Waals surface area contributed by atoms with Crippen LogP contribution in [0.3, 0.4) is 0 Å². The summed E-state index contributed by atoms with van der Waals surface area (Å²) in [4.78, 5) is 14.0. The third kappa shape index (κ3) is 2.52. The molecule has 1 heterocycles. The quantitative estimate of drug-likeness (QED) is 0.840. The van der Waals surface area contributed by atoms with E-state index in [1.807, 2.05) is 32.4 Å². The van der Waals surface area contributed by atoms with Crippen LogP contribution in [-0.2, 0) is 0 Å². The van der Waals surface area contributed by atoms with Crippen LogP contribution in [0.1, 0.15) is 35.8 Å². The zero-order valence-corrected chi connectivity index (χ0v) is 10.6. The number of aromatic nitrogens is 1. The van der Waals surface area contributed by atoms with Crippen molar-refractivity contribution in [1.82, 2.24) is 14.8 Å². The molecule has 1 aromatic rings. The highest BCUT2D eigenvalue weighted by atomic mass is 16.2. The Hall–Kier alpha value is -1.29. The monoisotopic (exact) mass is 235 g/mol. The molecule has 1 amide bonds. The van der Waals surface area contributed by atoms with Gasteiger partial charge in [0.15, 0.2) is 0 Å². The maximum absolute atomic E-state index is 12.3. The molecule has 0 unspecified atom stereocenters. The summed E-state index contributed by atoms with van der Waals surface area (Å²) in [6.45, 7) is 1.57. The lowest BCUT2D eigenvalue weighted by atomic mass is 9.93. The molecule has 4 heteroatoms. The molecule has 2 rings (SSSR count). The molecule has 1 aliphatic carbocycles. The van der Waals surface area contributed by atoms with Gasteiger partial charge in [-0.25, -0.2) is 0 Å². The fourth-order valence-electron chi connectivity index (χ4n) is 2.13. The van der Waals surface area contributed by atoms with E-state index in [0.717, 1.165) is 18.8 Å². The fraction of sp³-hybridized carbons (Fsp3) is 0.615. The van der Waals surface area contributed by atoms with Crippen LogP contribution >= 0.6 is 0 Å². The SMILES string of the molecule is CNCCN(C)C(=O)c1cccn1C1CCC1. The summed E-state index contributed by atoms with van der Waals surface area (Å²) in [6, 6.07) is 4.44. The second-order valence-electron chi connectivity index (χ2n) is 4.72. The Morgan fingerprint density at radius 1 is 1.59 bits per heavy atom. The second-order valence-corrected chi connectivity index (χ2v) is 4.72. The molecule has 94 valence electrons. The van der Waals surface area contributed by atoms with Gasteiger partial charge in [0.2, 0.25) is 0 Å². The minimum absolute atomic E-state index is 0.122. The van der Waals surface area contributed by atoms with Crippen molar-refractivity contribution >= 4 is 5.91 Å². The summed E-state index contributed by atoms with van der Waals surface area (Å²) in [5, 5.41) is 3.06. The maximum atomic E-state index is 12.3. The molecule has 0 saturated heterocycles. The first-order chi connectivity index (χ1) is 8.24. The predicted octanol–water partition coefficient (Wildman–Crippen LogP) is 1.50. The molecule has 1 aromatic heterocycles. The molecule has 17 heavy (non-hydrogen) atoms. The smallest absolute Gasteiger partial charge is 0.270 e. The Balaban J connectivity index is 2.05. The first-order valence-corrected chi connectivity index (χ1v) is 6.31. The molecule has 4 nitrogen and oxygen atoms in total. The molecule has 0 atom stereocenters.